The van der Waals surface area contributed by atoms with Crippen molar-refractivity contribution in [2.75, 3.05) is 7.05 Å². The lowest BCUT2D eigenvalue weighted by Gasteiger charge is -2.24. The maximum absolute atomic E-state index is 9.03. The Labute approximate surface area is 114 Å². The Morgan fingerprint density at radius 1 is 1.11 bits per heavy atom. The Kier molecular flexibility index (Phi) is 4.66. The van der Waals surface area contributed by atoms with Crippen molar-refractivity contribution >= 4 is 0 Å². The van der Waals surface area contributed by atoms with Crippen LogP contribution in [0.5, 0.6) is 0 Å². The van der Waals surface area contributed by atoms with E-state index in [0.717, 1.165) is 17.8 Å². The molecule has 0 spiro atoms. The van der Waals surface area contributed by atoms with Crippen LogP contribution in [0.4, 0.5) is 0 Å². The maximum atomic E-state index is 9.03. The van der Waals surface area contributed by atoms with E-state index in [1.165, 1.54) is 5.56 Å². The number of pyridine rings is 1. The number of aliphatic hydroxyl groups is 1. The molecule has 2 rings (SSSR count). The highest BCUT2D eigenvalue weighted by Crippen LogP contribution is 2.18. The van der Waals surface area contributed by atoms with Gasteiger partial charge in [0.05, 0.1) is 12.3 Å². The predicted octanol–water partition coefficient (Wildman–Crippen LogP) is 2.77. The summed E-state index contributed by atoms with van der Waals surface area (Å²) in [4.78, 5) is 6.65. The lowest BCUT2D eigenvalue weighted by atomic mass is 10.1. The summed E-state index contributed by atoms with van der Waals surface area (Å²) in [6.07, 6.45) is 1.83. The maximum Gasteiger partial charge on any atom is 0.0681 e. The fourth-order valence-electron chi connectivity index (χ4n) is 2.02. The van der Waals surface area contributed by atoms with E-state index in [-0.39, 0.29) is 12.6 Å². The van der Waals surface area contributed by atoms with Crippen molar-refractivity contribution in [3.8, 4) is 0 Å². The summed E-state index contributed by atoms with van der Waals surface area (Å²) in [5, 5.41) is 9.03. The lowest BCUT2D eigenvalue weighted by molar-refractivity contribution is 0.248. The molecule has 1 aromatic heterocycles. The fourth-order valence-corrected chi connectivity index (χ4v) is 2.02. The monoisotopic (exact) mass is 256 g/mol. The van der Waals surface area contributed by atoms with E-state index >= 15 is 0 Å². The Bertz CT molecular complexity index is 496. The largest absolute Gasteiger partial charge is 0.392 e. The van der Waals surface area contributed by atoms with Gasteiger partial charge in [0, 0.05) is 18.8 Å². The van der Waals surface area contributed by atoms with Crippen LogP contribution in [0.2, 0.25) is 0 Å². The second-order valence-electron chi connectivity index (χ2n) is 4.82. The van der Waals surface area contributed by atoms with Gasteiger partial charge < -0.3 is 5.11 Å². The number of aliphatic hydroxyl groups excluding tert-OH is 1. The first kappa shape index (κ1) is 13.7. The molecule has 0 radical (unpaired) electrons. The smallest absolute Gasteiger partial charge is 0.0681 e. The lowest BCUT2D eigenvalue weighted by Crippen LogP contribution is -2.22. The van der Waals surface area contributed by atoms with Gasteiger partial charge in [0.15, 0.2) is 0 Å². The van der Waals surface area contributed by atoms with Crippen molar-refractivity contribution in [2.45, 2.75) is 26.1 Å². The minimum absolute atomic E-state index is 0.0977. The molecule has 0 fully saturated rings. The Hall–Kier alpha value is -1.71. The Morgan fingerprint density at radius 2 is 1.79 bits per heavy atom. The van der Waals surface area contributed by atoms with Crippen molar-refractivity contribution in [1.29, 1.82) is 0 Å². The zero-order valence-corrected chi connectivity index (χ0v) is 11.5. The summed E-state index contributed by atoms with van der Waals surface area (Å²) >= 11 is 0. The highest BCUT2D eigenvalue weighted by molar-refractivity contribution is 5.22. The van der Waals surface area contributed by atoms with Crippen LogP contribution in [0.1, 0.15) is 29.8 Å². The fraction of sp³-hybridized carbons (Fsp3) is 0.312. The minimum atomic E-state index is 0.0977. The van der Waals surface area contributed by atoms with Crippen LogP contribution in [0, 0.1) is 0 Å². The first-order valence-corrected chi connectivity index (χ1v) is 6.50. The molecule has 1 heterocycles. The van der Waals surface area contributed by atoms with Gasteiger partial charge in [0.1, 0.15) is 0 Å². The van der Waals surface area contributed by atoms with E-state index in [0.29, 0.717) is 0 Å². The molecule has 0 aliphatic carbocycles. The predicted molar refractivity (Wildman–Crippen MR) is 76.5 cm³/mol. The van der Waals surface area contributed by atoms with Gasteiger partial charge in [-0.15, -0.1) is 0 Å². The van der Waals surface area contributed by atoms with Gasteiger partial charge in [-0.3, -0.25) is 9.88 Å². The topological polar surface area (TPSA) is 36.4 Å². The average molecular weight is 256 g/mol. The van der Waals surface area contributed by atoms with Gasteiger partial charge in [-0.2, -0.15) is 0 Å². The summed E-state index contributed by atoms with van der Waals surface area (Å²) in [5.41, 5.74) is 3.27. The zero-order chi connectivity index (χ0) is 13.7. The summed E-state index contributed by atoms with van der Waals surface area (Å²) in [6.45, 7) is 3.12. The summed E-state index contributed by atoms with van der Waals surface area (Å²) in [5.74, 6) is 0. The number of hydrogen-bond acceptors (Lipinski definition) is 3. The summed E-state index contributed by atoms with van der Waals surface area (Å²) < 4.78 is 0. The van der Waals surface area contributed by atoms with Crippen LogP contribution in [0.25, 0.3) is 0 Å². The number of rotatable bonds is 5. The summed E-state index contributed by atoms with van der Waals surface area (Å²) in [6, 6.07) is 14.3. The third-order valence-corrected chi connectivity index (χ3v) is 3.41. The number of aromatic nitrogens is 1. The van der Waals surface area contributed by atoms with Crippen LogP contribution < -0.4 is 0 Å². The van der Waals surface area contributed by atoms with Crippen LogP contribution in [0.15, 0.2) is 48.7 Å². The Morgan fingerprint density at radius 3 is 2.37 bits per heavy atom. The number of benzene rings is 1. The van der Waals surface area contributed by atoms with Gasteiger partial charge in [-0.05, 0) is 37.2 Å². The summed E-state index contributed by atoms with van der Waals surface area (Å²) in [7, 11) is 2.10. The molecule has 0 amide bonds. The first-order chi connectivity index (χ1) is 9.20. The van der Waals surface area contributed by atoms with E-state index in [1.807, 2.05) is 30.5 Å². The molecule has 3 heteroatoms. The molecule has 1 atom stereocenters. The first-order valence-electron chi connectivity index (χ1n) is 6.50. The van der Waals surface area contributed by atoms with Crippen molar-refractivity contribution in [3.05, 3.63) is 65.5 Å². The van der Waals surface area contributed by atoms with Gasteiger partial charge in [0.25, 0.3) is 0 Å². The van der Waals surface area contributed by atoms with E-state index < -0.39 is 0 Å². The van der Waals surface area contributed by atoms with E-state index in [4.69, 9.17) is 5.11 Å². The molecule has 100 valence electrons. The van der Waals surface area contributed by atoms with E-state index in [2.05, 4.69) is 42.1 Å². The molecule has 0 aliphatic rings. The molecule has 0 saturated heterocycles. The second-order valence-corrected chi connectivity index (χ2v) is 4.82. The van der Waals surface area contributed by atoms with Crippen LogP contribution in [-0.4, -0.2) is 22.0 Å². The van der Waals surface area contributed by atoms with E-state index in [9.17, 15) is 0 Å². The van der Waals surface area contributed by atoms with E-state index in [1.54, 1.807) is 0 Å². The van der Waals surface area contributed by atoms with Crippen molar-refractivity contribution in [1.82, 2.24) is 9.88 Å². The van der Waals surface area contributed by atoms with Crippen LogP contribution >= 0.6 is 0 Å². The van der Waals surface area contributed by atoms with Crippen LogP contribution in [-0.2, 0) is 13.2 Å². The molecule has 2 aromatic rings. The molecule has 0 saturated carbocycles. The SMILES string of the molecule is CC(c1ccccn1)N(C)Cc1ccc(CO)cc1. The van der Waals surface area contributed by atoms with Crippen molar-refractivity contribution in [2.24, 2.45) is 0 Å². The quantitative estimate of drug-likeness (QED) is 0.893. The minimum Gasteiger partial charge on any atom is -0.392 e. The van der Waals surface area contributed by atoms with Gasteiger partial charge in [-0.25, -0.2) is 0 Å². The molecule has 0 bridgehead atoms. The third kappa shape index (κ3) is 3.63. The molecule has 19 heavy (non-hydrogen) atoms. The normalized spacial score (nSPS) is 12.6. The Balaban J connectivity index is 2.01. The molecular formula is C16H20N2O. The average Bonchev–Trinajstić information content (AvgIpc) is 2.48. The zero-order valence-electron chi connectivity index (χ0n) is 11.5. The molecule has 0 aliphatic heterocycles. The third-order valence-electron chi connectivity index (χ3n) is 3.41. The molecule has 1 aromatic carbocycles. The van der Waals surface area contributed by atoms with Gasteiger partial charge in [0.2, 0.25) is 0 Å². The van der Waals surface area contributed by atoms with Crippen LogP contribution in [0.3, 0.4) is 0 Å². The van der Waals surface area contributed by atoms with Gasteiger partial charge in [-0.1, -0.05) is 30.3 Å². The molecule has 1 N–H and O–H groups in total. The molecule has 3 nitrogen and oxygen atoms in total. The molecular weight excluding hydrogens is 236 g/mol. The standard InChI is InChI=1S/C16H20N2O/c1-13(16-5-3-4-10-17-16)18(2)11-14-6-8-15(12-19)9-7-14/h3-10,13,19H,11-12H2,1-2H3. The second kappa shape index (κ2) is 6.45. The number of nitrogens with zero attached hydrogens (tertiary/aromatic N) is 2. The number of hydrogen-bond donors (Lipinski definition) is 1. The van der Waals surface area contributed by atoms with Crippen molar-refractivity contribution < 1.29 is 5.11 Å². The molecule has 1 unspecified atom stereocenters. The highest BCUT2D eigenvalue weighted by atomic mass is 16.3. The van der Waals surface area contributed by atoms with Crippen molar-refractivity contribution in [3.63, 3.8) is 0 Å². The van der Waals surface area contributed by atoms with Gasteiger partial charge >= 0.3 is 0 Å². The highest BCUT2D eigenvalue weighted by Gasteiger charge is 2.12.